The lowest BCUT2D eigenvalue weighted by atomic mass is 10.1. The summed E-state index contributed by atoms with van der Waals surface area (Å²) in [5, 5.41) is 0. The molecule has 4 aromatic rings. The molecule has 25 heavy (non-hydrogen) atoms. The Bertz CT molecular complexity index is 962. The number of H-pyrrole nitrogens is 1. The fourth-order valence-corrected chi connectivity index (χ4v) is 3.66. The van der Waals surface area contributed by atoms with Gasteiger partial charge in [-0.15, -0.1) is 0 Å². The normalized spacial score (nSPS) is 10.7. The number of hydrogen-bond acceptors (Lipinski definition) is 1. The maximum absolute atomic E-state index is 3.84. The molecule has 2 aromatic heterocycles. The summed E-state index contributed by atoms with van der Waals surface area (Å²) < 4.78 is 2.03. The zero-order chi connectivity index (χ0) is 17.1. The zero-order valence-corrected chi connectivity index (χ0v) is 14.5. The molecule has 1 N–H and O–H groups in total. The van der Waals surface area contributed by atoms with Crippen LogP contribution in [0.1, 0.15) is 0 Å². The molecule has 0 saturated heterocycles. The van der Waals surface area contributed by atoms with Crippen molar-refractivity contribution >= 4 is 18.0 Å². The third kappa shape index (κ3) is 3.32. The summed E-state index contributed by atoms with van der Waals surface area (Å²) >= 11 is 1.77. The smallest absolute Gasteiger partial charge is 0.0522 e. The van der Waals surface area contributed by atoms with Crippen molar-refractivity contribution in [2.75, 3.05) is 0 Å². The highest BCUT2D eigenvalue weighted by atomic mass is 32.2. The maximum Gasteiger partial charge on any atom is 0.0522 e. The lowest BCUT2D eigenvalue weighted by Crippen LogP contribution is -1.87. The largest absolute Gasteiger partial charge is 0.361 e. The molecule has 0 unspecified atom stereocenters. The van der Waals surface area contributed by atoms with Crippen molar-refractivity contribution in [3.8, 4) is 22.5 Å². The molecule has 0 bridgehead atoms. The first kappa shape index (κ1) is 15.6. The van der Waals surface area contributed by atoms with Gasteiger partial charge in [-0.1, -0.05) is 42.6 Å². The molecule has 2 aromatic carbocycles. The van der Waals surface area contributed by atoms with E-state index >= 15 is 0 Å². The van der Waals surface area contributed by atoms with Gasteiger partial charge >= 0.3 is 0 Å². The van der Waals surface area contributed by atoms with Gasteiger partial charge in [-0.05, 0) is 59.7 Å². The minimum atomic E-state index is 1.14. The van der Waals surface area contributed by atoms with Crippen molar-refractivity contribution in [2.45, 2.75) is 9.79 Å². The van der Waals surface area contributed by atoms with E-state index in [0.717, 1.165) is 11.4 Å². The minimum Gasteiger partial charge on any atom is -0.361 e. The first-order chi connectivity index (χ1) is 12.3. The van der Waals surface area contributed by atoms with Gasteiger partial charge in [-0.3, -0.25) is 0 Å². The minimum absolute atomic E-state index is 1.14. The van der Waals surface area contributed by atoms with Gasteiger partial charge in [0.15, 0.2) is 0 Å². The Morgan fingerprint density at radius 3 is 2.08 bits per heavy atom. The molecular formula is C22H18N2S. The predicted octanol–water partition coefficient (Wildman–Crippen LogP) is 6.40. The van der Waals surface area contributed by atoms with E-state index in [1.807, 2.05) is 35.3 Å². The lowest BCUT2D eigenvalue weighted by Gasteiger charge is -2.07. The van der Waals surface area contributed by atoms with Gasteiger partial charge in [0.05, 0.1) is 5.69 Å². The van der Waals surface area contributed by atoms with Gasteiger partial charge in [0.2, 0.25) is 0 Å². The molecule has 2 nitrogen and oxygen atoms in total. The molecule has 2 heterocycles. The Balaban J connectivity index is 1.50. The fourth-order valence-electron chi connectivity index (χ4n) is 2.84. The van der Waals surface area contributed by atoms with Gasteiger partial charge in [0.1, 0.15) is 0 Å². The van der Waals surface area contributed by atoms with Crippen LogP contribution in [0.15, 0.2) is 102 Å². The Morgan fingerprint density at radius 1 is 0.800 bits per heavy atom. The monoisotopic (exact) mass is 342 g/mol. The molecule has 0 saturated carbocycles. The fraction of sp³-hybridized carbons (Fsp3) is 0. The summed E-state index contributed by atoms with van der Waals surface area (Å²) in [7, 11) is 0. The predicted molar refractivity (Wildman–Crippen MR) is 107 cm³/mol. The van der Waals surface area contributed by atoms with E-state index < -0.39 is 0 Å². The highest BCUT2D eigenvalue weighted by Gasteiger charge is 2.04. The summed E-state index contributed by atoms with van der Waals surface area (Å²) in [6.45, 7) is 3.84. The maximum atomic E-state index is 3.84. The second-order valence-corrected chi connectivity index (χ2v) is 6.86. The van der Waals surface area contributed by atoms with Gasteiger partial charge in [-0.2, -0.15) is 0 Å². The van der Waals surface area contributed by atoms with Crippen LogP contribution in [0, 0.1) is 0 Å². The van der Waals surface area contributed by atoms with E-state index in [1.165, 1.54) is 20.9 Å². The summed E-state index contributed by atoms with van der Waals surface area (Å²) in [5.74, 6) is 0. The Morgan fingerprint density at radius 2 is 1.48 bits per heavy atom. The van der Waals surface area contributed by atoms with E-state index in [0.29, 0.717) is 0 Å². The van der Waals surface area contributed by atoms with E-state index in [-0.39, 0.29) is 0 Å². The Hall–Kier alpha value is -2.91. The lowest BCUT2D eigenvalue weighted by molar-refractivity contribution is 1.18. The average Bonchev–Trinajstić information content (AvgIpc) is 3.35. The molecule has 0 aliphatic heterocycles. The number of hydrogen-bond donors (Lipinski definition) is 1. The summed E-state index contributed by atoms with van der Waals surface area (Å²) in [6, 6.07) is 25.5. The number of nitrogens with zero attached hydrogens (tertiary/aromatic N) is 1. The third-order valence-electron chi connectivity index (χ3n) is 4.12. The van der Waals surface area contributed by atoms with Crippen LogP contribution >= 0.6 is 11.8 Å². The van der Waals surface area contributed by atoms with Gasteiger partial charge in [-0.25, -0.2) is 0 Å². The van der Waals surface area contributed by atoms with E-state index in [4.69, 9.17) is 0 Å². The molecule has 0 amide bonds. The van der Waals surface area contributed by atoms with Crippen LogP contribution < -0.4 is 0 Å². The quantitative estimate of drug-likeness (QED) is 0.445. The highest BCUT2D eigenvalue weighted by molar-refractivity contribution is 7.99. The molecule has 0 aliphatic carbocycles. The average molecular weight is 342 g/mol. The summed E-state index contributed by atoms with van der Waals surface area (Å²) in [4.78, 5) is 5.70. The highest BCUT2D eigenvalue weighted by Crippen LogP contribution is 2.31. The van der Waals surface area contributed by atoms with Crippen molar-refractivity contribution in [3.63, 3.8) is 0 Å². The van der Waals surface area contributed by atoms with Crippen LogP contribution in [-0.2, 0) is 0 Å². The van der Waals surface area contributed by atoms with Crippen LogP contribution in [0.25, 0.3) is 28.7 Å². The standard InChI is InChI=1S/C22H18N2S/c1-2-24-16-4-6-22(24)18-9-13-20(14-10-18)25-19-11-7-17(8-12-19)21-5-3-15-23-21/h2-16,23H,1H2. The second kappa shape index (κ2) is 6.91. The number of rotatable bonds is 5. The SMILES string of the molecule is C=Cn1cccc1-c1ccc(Sc2ccc(-c3ccc[nH]3)cc2)cc1. The Kier molecular flexibility index (Phi) is 4.32. The first-order valence-electron chi connectivity index (χ1n) is 8.15. The molecule has 122 valence electrons. The van der Waals surface area contributed by atoms with E-state index in [2.05, 4.69) is 72.2 Å². The Labute approximate surface area is 151 Å². The molecule has 4 rings (SSSR count). The molecule has 0 atom stereocenters. The molecular weight excluding hydrogens is 324 g/mol. The van der Waals surface area contributed by atoms with Crippen LogP contribution in [0.5, 0.6) is 0 Å². The van der Waals surface area contributed by atoms with Crippen molar-refractivity contribution in [1.29, 1.82) is 0 Å². The van der Waals surface area contributed by atoms with E-state index in [1.54, 1.807) is 11.8 Å². The van der Waals surface area contributed by atoms with Crippen LogP contribution in [0.4, 0.5) is 0 Å². The number of aromatic nitrogens is 2. The van der Waals surface area contributed by atoms with Crippen molar-refractivity contribution < 1.29 is 0 Å². The topological polar surface area (TPSA) is 20.7 Å². The van der Waals surface area contributed by atoms with Gasteiger partial charge in [0, 0.05) is 34.1 Å². The summed E-state index contributed by atoms with van der Waals surface area (Å²) in [6.07, 6.45) is 5.78. The molecule has 0 fully saturated rings. The zero-order valence-electron chi connectivity index (χ0n) is 13.7. The summed E-state index contributed by atoms with van der Waals surface area (Å²) in [5.41, 5.74) is 4.69. The van der Waals surface area contributed by atoms with Crippen molar-refractivity contribution in [2.24, 2.45) is 0 Å². The molecule has 0 radical (unpaired) electrons. The second-order valence-electron chi connectivity index (χ2n) is 5.72. The molecule has 0 aliphatic rings. The molecule has 0 spiro atoms. The van der Waals surface area contributed by atoms with Gasteiger partial charge in [0.25, 0.3) is 0 Å². The van der Waals surface area contributed by atoms with Crippen molar-refractivity contribution in [1.82, 2.24) is 9.55 Å². The van der Waals surface area contributed by atoms with Crippen LogP contribution in [0.3, 0.4) is 0 Å². The number of benzene rings is 2. The number of aromatic amines is 1. The third-order valence-corrected chi connectivity index (χ3v) is 5.14. The van der Waals surface area contributed by atoms with E-state index in [9.17, 15) is 0 Å². The van der Waals surface area contributed by atoms with Gasteiger partial charge < -0.3 is 9.55 Å². The molecule has 3 heteroatoms. The van der Waals surface area contributed by atoms with Crippen LogP contribution in [0.2, 0.25) is 0 Å². The first-order valence-corrected chi connectivity index (χ1v) is 8.97. The van der Waals surface area contributed by atoms with Crippen LogP contribution in [-0.4, -0.2) is 9.55 Å². The van der Waals surface area contributed by atoms with Crippen molar-refractivity contribution in [3.05, 3.63) is 91.8 Å². The number of nitrogens with one attached hydrogen (secondary N) is 1.